The van der Waals surface area contributed by atoms with Crippen LogP contribution < -0.4 is 0 Å². The van der Waals surface area contributed by atoms with Crippen molar-refractivity contribution in [3.63, 3.8) is 0 Å². The zero-order chi connectivity index (χ0) is 8.72. The molecule has 0 saturated heterocycles. The van der Waals surface area contributed by atoms with Crippen LogP contribution in [0.2, 0.25) is 0 Å². The number of H-pyrrole nitrogens is 1. The van der Waals surface area contributed by atoms with Crippen LogP contribution in [0.3, 0.4) is 0 Å². The number of aryl methyl sites for hydroxylation is 1. The minimum Gasteiger partial charge on any atom is -0.350 e. The van der Waals surface area contributed by atoms with Crippen LogP contribution in [0.15, 0.2) is 12.1 Å². The highest BCUT2D eigenvalue weighted by Crippen LogP contribution is 2.30. The lowest BCUT2D eigenvalue weighted by Crippen LogP contribution is -1.78. The Morgan fingerprint density at radius 3 is 2.67 bits per heavy atom. The summed E-state index contributed by atoms with van der Waals surface area (Å²) in [5.41, 5.74) is 1.26. The lowest BCUT2D eigenvalue weighted by Gasteiger charge is -1.96. The molecule has 0 saturated carbocycles. The number of thiophene rings is 1. The quantitative estimate of drug-likeness (QED) is 0.687. The number of aromatic amines is 1. The van der Waals surface area contributed by atoms with E-state index < -0.39 is 0 Å². The normalized spacial score (nSPS) is 11.7. The summed E-state index contributed by atoms with van der Waals surface area (Å²) < 4.78 is 0. The van der Waals surface area contributed by atoms with Gasteiger partial charge in [0.25, 0.3) is 0 Å². The monoisotopic (exact) mass is 179 g/mol. The zero-order valence-electron chi connectivity index (χ0n) is 7.64. The van der Waals surface area contributed by atoms with Crippen LogP contribution in [0.4, 0.5) is 0 Å². The third kappa shape index (κ3) is 1.16. The maximum atomic E-state index is 3.35. The second kappa shape index (κ2) is 2.63. The Morgan fingerprint density at radius 2 is 2.08 bits per heavy atom. The van der Waals surface area contributed by atoms with Gasteiger partial charge >= 0.3 is 0 Å². The molecular weight excluding hydrogens is 166 g/mol. The average Bonchev–Trinajstić information content (AvgIpc) is 2.42. The topological polar surface area (TPSA) is 15.8 Å². The Balaban J connectivity index is 2.57. The van der Waals surface area contributed by atoms with Crippen LogP contribution in [0.25, 0.3) is 10.2 Å². The van der Waals surface area contributed by atoms with Gasteiger partial charge in [0.05, 0.1) is 0 Å². The van der Waals surface area contributed by atoms with Crippen LogP contribution in [0.5, 0.6) is 0 Å². The molecule has 0 aliphatic heterocycles. The van der Waals surface area contributed by atoms with Gasteiger partial charge in [-0.15, -0.1) is 11.3 Å². The predicted molar refractivity (Wildman–Crippen MR) is 55.0 cm³/mol. The van der Waals surface area contributed by atoms with Gasteiger partial charge < -0.3 is 4.98 Å². The highest BCUT2D eigenvalue weighted by Gasteiger charge is 2.06. The molecule has 0 radical (unpaired) electrons. The fourth-order valence-electron chi connectivity index (χ4n) is 1.36. The largest absolute Gasteiger partial charge is 0.350 e. The Morgan fingerprint density at radius 1 is 1.33 bits per heavy atom. The van der Waals surface area contributed by atoms with Gasteiger partial charge in [-0.1, -0.05) is 13.8 Å². The Kier molecular flexibility index (Phi) is 1.72. The first kappa shape index (κ1) is 7.87. The summed E-state index contributed by atoms with van der Waals surface area (Å²) in [5.74, 6) is 0.649. The highest BCUT2D eigenvalue weighted by atomic mass is 32.1. The van der Waals surface area contributed by atoms with Gasteiger partial charge in [0.2, 0.25) is 0 Å². The molecule has 12 heavy (non-hydrogen) atoms. The Bertz CT molecular complexity index is 363. The van der Waals surface area contributed by atoms with E-state index in [1.807, 2.05) is 11.3 Å². The summed E-state index contributed by atoms with van der Waals surface area (Å²) in [5, 5.41) is 1.36. The van der Waals surface area contributed by atoms with E-state index in [-0.39, 0.29) is 0 Å². The minimum atomic E-state index is 0.649. The first-order chi connectivity index (χ1) is 5.66. The summed E-state index contributed by atoms with van der Waals surface area (Å²) in [6.45, 7) is 6.57. The van der Waals surface area contributed by atoms with E-state index in [2.05, 4.69) is 37.9 Å². The molecule has 2 aromatic heterocycles. The fourth-order valence-corrected chi connectivity index (χ4v) is 2.47. The van der Waals surface area contributed by atoms with E-state index in [4.69, 9.17) is 0 Å². The SMILES string of the molecule is Cc1cc2cc(C(C)C)sc2[nH]1. The molecule has 1 nitrogen and oxygen atoms in total. The average molecular weight is 179 g/mol. The van der Waals surface area contributed by atoms with E-state index in [0.717, 1.165) is 0 Å². The summed E-state index contributed by atoms with van der Waals surface area (Å²) in [7, 11) is 0. The van der Waals surface area contributed by atoms with Crippen molar-refractivity contribution >= 4 is 21.6 Å². The van der Waals surface area contributed by atoms with Crippen LogP contribution in [0.1, 0.15) is 30.3 Å². The molecule has 0 aromatic carbocycles. The molecule has 0 fully saturated rings. The fraction of sp³-hybridized carbons (Fsp3) is 0.400. The van der Waals surface area contributed by atoms with Crippen LogP contribution in [-0.4, -0.2) is 4.98 Å². The maximum Gasteiger partial charge on any atom is 0.100 e. The van der Waals surface area contributed by atoms with E-state index >= 15 is 0 Å². The number of hydrogen-bond donors (Lipinski definition) is 1. The number of rotatable bonds is 1. The van der Waals surface area contributed by atoms with Crippen molar-refractivity contribution < 1.29 is 0 Å². The Hall–Kier alpha value is -0.760. The second-order valence-electron chi connectivity index (χ2n) is 3.54. The summed E-state index contributed by atoms with van der Waals surface area (Å²) >= 11 is 1.87. The molecule has 1 N–H and O–H groups in total. The molecule has 0 aliphatic carbocycles. The molecule has 64 valence electrons. The third-order valence-corrected chi connectivity index (χ3v) is 3.40. The maximum absolute atomic E-state index is 3.35. The van der Waals surface area contributed by atoms with Crippen molar-refractivity contribution in [3.8, 4) is 0 Å². The Labute approximate surface area is 76.4 Å². The van der Waals surface area contributed by atoms with E-state index in [1.165, 1.54) is 20.8 Å². The van der Waals surface area contributed by atoms with Gasteiger partial charge in [-0.3, -0.25) is 0 Å². The van der Waals surface area contributed by atoms with Gasteiger partial charge in [0.1, 0.15) is 4.83 Å². The summed E-state index contributed by atoms with van der Waals surface area (Å²) in [4.78, 5) is 6.14. The van der Waals surface area contributed by atoms with Crippen molar-refractivity contribution in [2.75, 3.05) is 0 Å². The molecule has 0 amide bonds. The van der Waals surface area contributed by atoms with E-state index in [0.29, 0.717) is 5.92 Å². The molecule has 0 spiro atoms. The first-order valence-electron chi connectivity index (χ1n) is 4.26. The molecule has 0 unspecified atom stereocenters. The molecular formula is C10H13NS. The van der Waals surface area contributed by atoms with E-state index in [1.54, 1.807) is 0 Å². The van der Waals surface area contributed by atoms with Crippen molar-refractivity contribution in [2.24, 2.45) is 0 Å². The van der Waals surface area contributed by atoms with Crippen molar-refractivity contribution in [2.45, 2.75) is 26.7 Å². The number of nitrogens with one attached hydrogen (secondary N) is 1. The highest BCUT2D eigenvalue weighted by molar-refractivity contribution is 7.18. The molecule has 2 heteroatoms. The summed E-state index contributed by atoms with van der Waals surface area (Å²) in [6, 6.07) is 4.49. The van der Waals surface area contributed by atoms with Gasteiger partial charge in [0.15, 0.2) is 0 Å². The van der Waals surface area contributed by atoms with Crippen molar-refractivity contribution in [1.82, 2.24) is 4.98 Å². The number of aromatic nitrogens is 1. The number of fused-ring (bicyclic) bond motifs is 1. The minimum absolute atomic E-state index is 0.649. The second-order valence-corrected chi connectivity index (χ2v) is 4.62. The molecule has 2 rings (SSSR count). The number of hydrogen-bond acceptors (Lipinski definition) is 1. The van der Waals surface area contributed by atoms with Gasteiger partial charge in [-0.25, -0.2) is 0 Å². The predicted octanol–water partition coefficient (Wildman–Crippen LogP) is 3.66. The molecule has 0 bridgehead atoms. The standard InChI is InChI=1S/C10H13NS/c1-6(2)9-5-8-4-7(3)11-10(8)12-9/h4-6,11H,1-3H3. The van der Waals surface area contributed by atoms with Gasteiger partial charge in [-0.05, 0) is 25.0 Å². The van der Waals surface area contributed by atoms with Crippen LogP contribution >= 0.6 is 11.3 Å². The van der Waals surface area contributed by atoms with Crippen LogP contribution in [0, 0.1) is 6.92 Å². The van der Waals surface area contributed by atoms with Gasteiger partial charge in [-0.2, -0.15) is 0 Å². The first-order valence-corrected chi connectivity index (χ1v) is 5.07. The van der Waals surface area contributed by atoms with E-state index in [9.17, 15) is 0 Å². The smallest absolute Gasteiger partial charge is 0.100 e. The van der Waals surface area contributed by atoms with Crippen LogP contribution in [-0.2, 0) is 0 Å². The van der Waals surface area contributed by atoms with Crippen molar-refractivity contribution in [3.05, 3.63) is 22.7 Å². The third-order valence-electron chi connectivity index (χ3n) is 2.03. The molecule has 0 aliphatic rings. The lowest BCUT2D eigenvalue weighted by atomic mass is 10.2. The summed E-state index contributed by atoms with van der Waals surface area (Å²) in [6.07, 6.45) is 0. The molecule has 2 heterocycles. The lowest BCUT2D eigenvalue weighted by molar-refractivity contribution is 0.890. The molecule has 2 aromatic rings. The molecule has 0 atom stereocenters. The zero-order valence-corrected chi connectivity index (χ0v) is 8.46. The van der Waals surface area contributed by atoms with Gasteiger partial charge in [0, 0.05) is 16.0 Å². The van der Waals surface area contributed by atoms with Crippen molar-refractivity contribution in [1.29, 1.82) is 0 Å².